The predicted octanol–water partition coefficient (Wildman–Crippen LogP) is 2.60. The summed E-state index contributed by atoms with van der Waals surface area (Å²) in [6, 6.07) is 6.74. The number of para-hydroxylation sites is 1. The molecule has 1 aromatic heterocycles. The molecule has 0 atom stereocenters. The van der Waals surface area contributed by atoms with Crippen LogP contribution in [0.3, 0.4) is 0 Å². The second kappa shape index (κ2) is 4.17. The molecule has 0 aliphatic heterocycles. The molecule has 1 aromatic carbocycles. The number of nitrogens with two attached hydrogens (primary N) is 1. The van der Waals surface area contributed by atoms with Gasteiger partial charge in [-0.05, 0) is 25.1 Å². The summed E-state index contributed by atoms with van der Waals surface area (Å²) in [5, 5.41) is 5.16. The van der Waals surface area contributed by atoms with Gasteiger partial charge in [-0.3, -0.25) is 4.68 Å². The Bertz CT molecular complexity index is 522. The molecular weight excluding hydrogens is 225 g/mol. The van der Waals surface area contributed by atoms with Crippen LogP contribution in [0.15, 0.2) is 34.2 Å². The van der Waals surface area contributed by atoms with Crippen molar-refractivity contribution in [1.82, 2.24) is 9.78 Å². The van der Waals surface area contributed by atoms with Gasteiger partial charge in [0.05, 0.1) is 16.4 Å². The van der Waals surface area contributed by atoms with Crippen LogP contribution in [0.25, 0.3) is 0 Å². The van der Waals surface area contributed by atoms with Gasteiger partial charge < -0.3 is 5.73 Å². The molecule has 16 heavy (non-hydrogen) atoms. The summed E-state index contributed by atoms with van der Waals surface area (Å²) >= 11 is 1.41. The highest BCUT2D eigenvalue weighted by molar-refractivity contribution is 7.99. The predicted molar refractivity (Wildman–Crippen MR) is 62.9 cm³/mol. The van der Waals surface area contributed by atoms with E-state index in [1.54, 1.807) is 16.8 Å². The Kier molecular flexibility index (Phi) is 2.87. The van der Waals surface area contributed by atoms with Gasteiger partial charge in [0.25, 0.3) is 0 Å². The lowest BCUT2D eigenvalue weighted by molar-refractivity contribution is 0.629. The van der Waals surface area contributed by atoms with E-state index in [0.29, 0.717) is 4.90 Å². The van der Waals surface area contributed by atoms with Crippen molar-refractivity contribution in [2.24, 2.45) is 7.05 Å². The first-order valence-electron chi connectivity index (χ1n) is 4.80. The highest BCUT2D eigenvalue weighted by Crippen LogP contribution is 2.33. The van der Waals surface area contributed by atoms with Crippen LogP contribution in [0.4, 0.5) is 10.1 Å². The third-order valence-corrected chi connectivity index (χ3v) is 3.35. The van der Waals surface area contributed by atoms with E-state index in [0.717, 1.165) is 10.7 Å². The molecular formula is C11H12FN3S. The Morgan fingerprint density at radius 2 is 2.19 bits per heavy atom. The minimum atomic E-state index is -0.385. The summed E-state index contributed by atoms with van der Waals surface area (Å²) in [5.41, 5.74) is 6.78. The average Bonchev–Trinajstić information content (AvgIpc) is 2.53. The van der Waals surface area contributed by atoms with Gasteiger partial charge in [0.2, 0.25) is 0 Å². The van der Waals surface area contributed by atoms with Crippen molar-refractivity contribution in [1.29, 1.82) is 0 Å². The molecule has 0 spiro atoms. The van der Waals surface area contributed by atoms with Gasteiger partial charge in [-0.1, -0.05) is 17.8 Å². The minimum absolute atomic E-state index is 0.186. The van der Waals surface area contributed by atoms with Crippen LogP contribution >= 0.6 is 11.8 Å². The number of hydrogen-bond donors (Lipinski definition) is 1. The van der Waals surface area contributed by atoms with Crippen LogP contribution in [0.2, 0.25) is 0 Å². The molecule has 84 valence electrons. The molecule has 0 saturated carbocycles. The molecule has 1 heterocycles. The number of aryl methyl sites for hydroxylation is 2. The van der Waals surface area contributed by atoms with Gasteiger partial charge in [-0.15, -0.1) is 0 Å². The lowest BCUT2D eigenvalue weighted by Crippen LogP contribution is -1.95. The smallest absolute Gasteiger partial charge is 0.147 e. The zero-order valence-electron chi connectivity index (χ0n) is 9.07. The molecule has 3 nitrogen and oxygen atoms in total. The molecule has 2 rings (SSSR count). The van der Waals surface area contributed by atoms with Gasteiger partial charge in [0.1, 0.15) is 5.82 Å². The van der Waals surface area contributed by atoms with E-state index < -0.39 is 0 Å². The minimum Gasteiger partial charge on any atom is -0.395 e. The van der Waals surface area contributed by atoms with Crippen molar-refractivity contribution >= 4 is 17.4 Å². The van der Waals surface area contributed by atoms with Gasteiger partial charge in [0.15, 0.2) is 0 Å². The van der Waals surface area contributed by atoms with Gasteiger partial charge in [-0.2, -0.15) is 5.10 Å². The number of benzene rings is 1. The second-order valence-electron chi connectivity index (χ2n) is 3.50. The molecule has 0 bridgehead atoms. The molecule has 0 fully saturated rings. The Balaban J connectivity index is 2.34. The van der Waals surface area contributed by atoms with E-state index >= 15 is 0 Å². The quantitative estimate of drug-likeness (QED) is 0.816. The maximum Gasteiger partial charge on any atom is 0.147 e. The van der Waals surface area contributed by atoms with Gasteiger partial charge >= 0.3 is 0 Å². The van der Waals surface area contributed by atoms with Crippen LogP contribution in [0.1, 0.15) is 5.69 Å². The summed E-state index contributed by atoms with van der Waals surface area (Å²) in [4.78, 5) is 0.711. The summed E-state index contributed by atoms with van der Waals surface area (Å²) in [7, 11) is 1.85. The maximum absolute atomic E-state index is 13.2. The van der Waals surface area contributed by atoms with Crippen LogP contribution in [0.5, 0.6) is 0 Å². The first-order chi connectivity index (χ1) is 7.58. The maximum atomic E-state index is 13.2. The number of halogens is 1. The summed E-state index contributed by atoms with van der Waals surface area (Å²) in [6.45, 7) is 1.92. The third-order valence-electron chi connectivity index (χ3n) is 2.19. The van der Waals surface area contributed by atoms with Crippen molar-refractivity contribution in [2.75, 3.05) is 5.73 Å². The van der Waals surface area contributed by atoms with E-state index in [1.807, 2.05) is 20.0 Å². The fraction of sp³-hybridized carbons (Fsp3) is 0.182. The highest BCUT2D eigenvalue weighted by Gasteiger charge is 2.09. The van der Waals surface area contributed by atoms with Crippen molar-refractivity contribution in [3.05, 3.63) is 35.8 Å². The second-order valence-corrected chi connectivity index (χ2v) is 4.56. The van der Waals surface area contributed by atoms with E-state index in [4.69, 9.17) is 5.73 Å². The molecule has 0 unspecified atom stereocenters. The SMILES string of the molecule is Cc1cc(Sc2cccc(F)c2N)n(C)n1. The molecule has 2 N–H and O–H groups in total. The summed E-state index contributed by atoms with van der Waals surface area (Å²) in [6.07, 6.45) is 0. The first-order valence-corrected chi connectivity index (χ1v) is 5.62. The Morgan fingerprint density at radius 1 is 1.44 bits per heavy atom. The molecule has 0 amide bonds. The summed E-state index contributed by atoms with van der Waals surface area (Å²) < 4.78 is 15.0. The third kappa shape index (κ3) is 2.04. The molecule has 0 aliphatic carbocycles. The highest BCUT2D eigenvalue weighted by atomic mass is 32.2. The van der Waals surface area contributed by atoms with Gasteiger partial charge in [0, 0.05) is 11.9 Å². The number of nitrogen functional groups attached to an aromatic ring is 1. The Morgan fingerprint density at radius 3 is 2.81 bits per heavy atom. The number of aromatic nitrogens is 2. The lowest BCUT2D eigenvalue weighted by atomic mass is 10.3. The van der Waals surface area contributed by atoms with Gasteiger partial charge in [-0.25, -0.2) is 4.39 Å². The van der Waals surface area contributed by atoms with E-state index in [1.165, 1.54) is 17.8 Å². The van der Waals surface area contributed by atoms with Crippen LogP contribution in [-0.4, -0.2) is 9.78 Å². The molecule has 0 aliphatic rings. The fourth-order valence-corrected chi connectivity index (χ4v) is 2.38. The topological polar surface area (TPSA) is 43.8 Å². The number of anilines is 1. The Labute approximate surface area is 97.5 Å². The van der Waals surface area contributed by atoms with E-state index in [-0.39, 0.29) is 11.5 Å². The number of hydrogen-bond acceptors (Lipinski definition) is 3. The lowest BCUT2D eigenvalue weighted by Gasteiger charge is -2.05. The van der Waals surface area contributed by atoms with Crippen molar-refractivity contribution in [2.45, 2.75) is 16.8 Å². The summed E-state index contributed by atoms with van der Waals surface area (Å²) in [5.74, 6) is -0.385. The van der Waals surface area contributed by atoms with Crippen molar-refractivity contribution in [3.63, 3.8) is 0 Å². The number of rotatable bonds is 2. The van der Waals surface area contributed by atoms with E-state index in [9.17, 15) is 4.39 Å². The van der Waals surface area contributed by atoms with Crippen LogP contribution in [0, 0.1) is 12.7 Å². The van der Waals surface area contributed by atoms with Crippen molar-refractivity contribution < 1.29 is 4.39 Å². The standard InChI is InChI=1S/C11H12FN3S/c1-7-6-10(15(2)14-7)16-9-5-3-4-8(12)11(9)13/h3-6H,13H2,1-2H3. The molecule has 5 heteroatoms. The molecule has 2 aromatic rings. The average molecular weight is 237 g/mol. The van der Waals surface area contributed by atoms with Crippen molar-refractivity contribution in [3.8, 4) is 0 Å². The molecule has 0 radical (unpaired) electrons. The fourth-order valence-electron chi connectivity index (χ4n) is 1.40. The monoisotopic (exact) mass is 237 g/mol. The number of nitrogens with zero attached hydrogens (tertiary/aromatic N) is 2. The normalized spacial score (nSPS) is 10.7. The van der Waals surface area contributed by atoms with E-state index in [2.05, 4.69) is 5.10 Å². The Hall–Kier alpha value is -1.49. The first kappa shape index (κ1) is 11.0. The molecule has 0 saturated heterocycles. The largest absolute Gasteiger partial charge is 0.395 e. The van der Waals surface area contributed by atoms with Crippen LogP contribution in [-0.2, 0) is 7.05 Å². The zero-order valence-corrected chi connectivity index (χ0v) is 9.88. The zero-order chi connectivity index (χ0) is 11.7. The van der Waals surface area contributed by atoms with Crippen LogP contribution < -0.4 is 5.73 Å².